The van der Waals surface area contributed by atoms with E-state index >= 15 is 0 Å². The van der Waals surface area contributed by atoms with Gasteiger partial charge in [-0.1, -0.05) is 48.0 Å². The molecule has 0 fully saturated rings. The Balaban J connectivity index is 1.42. The molecule has 0 atom stereocenters. The lowest BCUT2D eigenvalue weighted by molar-refractivity contribution is 0.0977. The summed E-state index contributed by atoms with van der Waals surface area (Å²) in [5, 5.41) is 6.33. The zero-order valence-electron chi connectivity index (χ0n) is 15.7. The number of rotatable bonds is 7. The van der Waals surface area contributed by atoms with Crippen LogP contribution in [0, 0.1) is 0 Å². The standard InChI is InChI=1S/C23H21ClN2O2S/c24-19-10-4-9-18(16-19)22(27)26-23(29)25-20-11-13-21(14-12-20)28-15-5-8-17-6-2-1-3-7-17/h1-4,6-7,9-14,16H,5,8,15H2,(H2,25,26,27,29). The normalized spacial score (nSPS) is 10.2. The maximum absolute atomic E-state index is 12.2. The number of halogens is 1. The molecular weight excluding hydrogens is 404 g/mol. The molecule has 1 amide bonds. The van der Waals surface area contributed by atoms with Crippen LogP contribution in [-0.4, -0.2) is 17.6 Å². The Kier molecular flexibility index (Phi) is 7.61. The number of anilines is 1. The summed E-state index contributed by atoms with van der Waals surface area (Å²) in [5.41, 5.74) is 2.52. The first-order chi connectivity index (χ1) is 14.1. The highest BCUT2D eigenvalue weighted by Gasteiger charge is 2.08. The van der Waals surface area contributed by atoms with Crippen LogP contribution in [0.1, 0.15) is 22.3 Å². The number of nitrogens with one attached hydrogen (secondary N) is 2. The zero-order chi connectivity index (χ0) is 20.5. The third kappa shape index (κ3) is 6.89. The van der Waals surface area contributed by atoms with Gasteiger partial charge in [-0.2, -0.15) is 0 Å². The monoisotopic (exact) mass is 424 g/mol. The van der Waals surface area contributed by atoms with E-state index in [1.807, 2.05) is 42.5 Å². The van der Waals surface area contributed by atoms with Gasteiger partial charge >= 0.3 is 0 Å². The molecule has 0 heterocycles. The van der Waals surface area contributed by atoms with E-state index in [0.29, 0.717) is 17.2 Å². The summed E-state index contributed by atoms with van der Waals surface area (Å²) in [6.45, 7) is 0.649. The van der Waals surface area contributed by atoms with Gasteiger partial charge in [-0.25, -0.2) is 0 Å². The molecule has 3 aromatic rings. The molecule has 3 aromatic carbocycles. The van der Waals surface area contributed by atoms with Crippen LogP contribution in [0.5, 0.6) is 5.75 Å². The first-order valence-corrected chi connectivity index (χ1v) is 10.0. The lowest BCUT2D eigenvalue weighted by Gasteiger charge is -2.11. The molecule has 0 saturated carbocycles. The summed E-state index contributed by atoms with van der Waals surface area (Å²) in [4.78, 5) is 12.2. The van der Waals surface area contributed by atoms with Crippen molar-refractivity contribution in [2.24, 2.45) is 0 Å². The third-order valence-corrected chi connectivity index (χ3v) is 4.59. The van der Waals surface area contributed by atoms with Gasteiger partial charge in [0.2, 0.25) is 0 Å². The Morgan fingerprint density at radius 1 is 0.966 bits per heavy atom. The van der Waals surface area contributed by atoms with Gasteiger partial charge in [0, 0.05) is 16.3 Å². The fourth-order valence-corrected chi connectivity index (χ4v) is 3.11. The number of hydrogen-bond donors (Lipinski definition) is 2. The number of amides is 1. The molecule has 0 bridgehead atoms. The lowest BCUT2D eigenvalue weighted by atomic mass is 10.1. The fourth-order valence-electron chi connectivity index (χ4n) is 2.71. The van der Waals surface area contributed by atoms with Crippen LogP contribution in [0.2, 0.25) is 5.02 Å². The highest BCUT2D eigenvalue weighted by atomic mass is 35.5. The maximum atomic E-state index is 12.2. The summed E-state index contributed by atoms with van der Waals surface area (Å²) >= 11 is 11.1. The smallest absolute Gasteiger partial charge is 0.257 e. The van der Waals surface area contributed by atoms with Crippen molar-refractivity contribution in [1.82, 2.24) is 5.32 Å². The van der Waals surface area contributed by atoms with Crippen molar-refractivity contribution in [3.63, 3.8) is 0 Å². The summed E-state index contributed by atoms with van der Waals surface area (Å²) in [7, 11) is 0. The highest BCUT2D eigenvalue weighted by molar-refractivity contribution is 7.80. The second-order valence-corrected chi connectivity index (χ2v) is 7.23. The Bertz CT molecular complexity index is 962. The van der Waals surface area contributed by atoms with Gasteiger partial charge < -0.3 is 10.1 Å². The molecule has 0 aromatic heterocycles. The second-order valence-electron chi connectivity index (χ2n) is 6.38. The molecular formula is C23H21ClN2O2S. The van der Waals surface area contributed by atoms with Gasteiger partial charge in [-0.3, -0.25) is 10.1 Å². The number of carbonyl (C=O) groups is 1. The van der Waals surface area contributed by atoms with E-state index in [2.05, 4.69) is 22.8 Å². The van der Waals surface area contributed by atoms with Crippen LogP contribution in [0.4, 0.5) is 5.69 Å². The molecule has 0 unspecified atom stereocenters. The Morgan fingerprint density at radius 2 is 1.72 bits per heavy atom. The predicted molar refractivity (Wildman–Crippen MR) is 122 cm³/mol. The van der Waals surface area contributed by atoms with Crippen molar-refractivity contribution >= 4 is 40.5 Å². The van der Waals surface area contributed by atoms with Crippen molar-refractivity contribution in [1.29, 1.82) is 0 Å². The SMILES string of the molecule is O=C(NC(=S)Nc1ccc(OCCCc2ccccc2)cc1)c1cccc(Cl)c1. The summed E-state index contributed by atoms with van der Waals surface area (Å²) < 4.78 is 5.78. The van der Waals surface area contributed by atoms with Gasteiger partial charge in [-0.15, -0.1) is 0 Å². The van der Waals surface area contributed by atoms with Crippen LogP contribution in [0.3, 0.4) is 0 Å². The van der Waals surface area contributed by atoms with Crippen molar-refractivity contribution < 1.29 is 9.53 Å². The maximum Gasteiger partial charge on any atom is 0.257 e. The van der Waals surface area contributed by atoms with Crippen molar-refractivity contribution in [2.75, 3.05) is 11.9 Å². The number of ether oxygens (including phenoxy) is 1. The molecule has 6 heteroatoms. The lowest BCUT2D eigenvalue weighted by Crippen LogP contribution is -2.34. The quantitative estimate of drug-likeness (QED) is 0.389. The number of aryl methyl sites for hydroxylation is 1. The molecule has 0 radical (unpaired) electrons. The molecule has 4 nitrogen and oxygen atoms in total. The number of carbonyl (C=O) groups excluding carboxylic acids is 1. The van der Waals surface area contributed by atoms with E-state index in [0.717, 1.165) is 24.3 Å². The summed E-state index contributed by atoms with van der Waals surface area (Å²) in [6.07, 6.45) is 1.94. The average Bonchev–Trinajstić information content (AvgIpc) is 2.73. The molecule has 0 saturated heterocycles. The zero-order valence-corrected chi connectivity index (χ0v) is 17.3. The Hall–Kier alpha value is -2.89. The van der Waals surface area contributed by atoms with Crippen LogP contribution >= 0.6 is 23.8 Å². The van der Waals surface area contributed by atoms with Crippen LogP contribution in [0.25, 0.3) is 0 Å². The molecule has 148 valence electrons. The minimum Gasteiger partial charge on any atom is -0.494 e. The Morgan fingerprint density at radius 3 is 2.45 bits per heavy atom. The molecule has 29 heavy (non-hydrogen) atoms. The summed E-state index contributed by atoms with van der Waals surface area (Å²) in [5.74, 6) is 0.473. The average molecular weight is 425 g/mol. The van der Waals surface area contributed by atoms with Gasteiger partial charge in [0.25, 0.3) is 5.91 Å². The topological polar surface area (TPSA) is 50.4 Å². The van der Waals surface area contributed by atoms with Crippen molar-refractivity contribution in [2.45, 2.75) is 12.8 Å². The third-order valence-electron chi connectivity index (χ3n) is 4.15. The number of benzene rings is 3. The van der Waals surface area contributed by atoms with E-state index in [9.17, 15) is 4.79 Å². The molecule has 3 rings (SSSR count). The van der Waals surface area contributed by atoms with E-state index in [1.54, 1.807) is 24.3 Å². The highest BCUT2D eigenvalue weighted by Crippen LogP contribution is 2.16. The van der Waals surface area contributed by atoms with Crippen LogP contribution < -0.4 is 15.4 Å². The largest absolute Gasteiger partial charge is 0.494 e. The summed E-state index contributed by atoms with van der Waals surface area (Å²) in [6, 6.07) is 24.5. The fraction of sp³-hybridized carbons (Fsp3) is 0.130. The second kappa shape index (κ2) is 10.6. The first kappa shape index (κ1) is 20.8. The van der Waals surface area contributed by atoms with Crippen molar-refractivity contribution in [3.8, 4) is 5.75 Å². The number of hydrogen-bond acceptors (Lipinski definition) is 3. The molecule has 2 N–H and O–H groups in total. The number of thiocarbonyl (C=S) groups is 1. The van der Waals surface area contributed by atoms with Crippen LogP contribution in [0.15, 0.2) is 78.9 Å². The predicted octanol–water partition coefficient (Wildman–Crippen LogP) is 5.48. The van der Waals surface area contributed by atoms with Crippen molar-refractivity contribution in [3.05, 3.63) is 95.0 Å². The van der Waals surface area contributed by atoms with E-state index in [4.69, 9.17) is 28.6 Å². The Labute approximate surface area is 180 Å². The van der Waals surface area contributed by atoms with Gasteiger partial charge in [0.1, 0.15) is 5.75 Å². The van der Waals surface area contributed by atoms with E-state index in [-0.39, 0.29) is 11.0 Å². The van der Waals surface area contributed by atoms with E-state index < -0.39 is 0 Å². The van der Waals surface area contributed by atoms with E-state index in [1.165, 1.54) is 5.56 Å². The minimum atomic E-state index is -0.316. The molecule has 0 aliphatic heterocycles. The van der Waals surface area contributed by atoms with Crippen LogP contribution in [-0.2, 0) is 6.42 Å². The van der Waals surface area contributed by atoms with Gasteiger partial charge in [0.15, 0.2) is 5.11 Å². The molecule has 0 aliphatic rings. The van der Waals surface area contributed by atoms with Gasteiger partial charge in [-0.05, 0) is 73.1 Å². The molecule has 0 spiro atoms. The van der Waals surface area contributed by atoms with Gasteiger partial charge in [0.05, 0.1) is 6.61 Å². The molecule has 0 aliphatic carbocycles. The minimum absolute atomic E-state index is 0.214. The first-order valence-electron chi connectivity index (χ1n) is 9.25.